The molecule has 11 fully saturated rings. The van der Waals surface area contributed by atoms with Gasteiger partial charge >= 0.3 is 0 Å². The van der Waals surface area contributed by atoms with Crippen LogP contribution in [-0.2, 0) is 0 Å². The van der Waals surface area contributed by atoms with Crippen molar-refractivity contribution in [1.29, 1.82) is 0 Å². The van der Waals surface area contributed by atoms with Crippen molar-refractivity contribution in [2.24, 2.45) is 100 Å². The summed E-state index contributed by atoms with van der Waals surface area (Å²) in [5.41, 5.74) is 0.629. The largest absolute Gasteiger partial charge is 0.294 e. The van der Waals surface area contributed by atoms with Gasteiger partial charge in [0.25, 0.3) is 0 Å². The SMILES string of the molecule is CC1(C)C2CCCCC2C2CC(C3C4CCCCC4C4CC(C5CCCCC5C5CCCC6C5C5CCCCC5N6C5CCCCC5)CCC43)CCC21. The molecule has 11 rings (SSSR count). The Hall–Kier alpha value is -0.0400. The molecule has 10 saturated carbocycles. The Kier molecular flexibility index (Phi) is 9.97. The summed E-state index contributed by atoms with van der Waals surface area (Å²) in [5, 5.41) is 0. The number of nitrogens with zero attached hydrogens (tertiary/aromatic N) is 1. The Balaban J connectivity index is 0.830. The predicted octanol–water partition coefficient (Wildman–Crippen LogP) is 14.1. The Morgan fingerprint density at radius 1 is 0.321 bits per heavy atom. The summed E-state index contributed by atoms with van der Waals surface area (Å²) in [7, 11) is 0. The van der Waals surface area contributed by atoms with Crippen LogP contribution in [0.25, 0.3) is 0 Å². The first-order chi connectivity index (χ1) is 26.1. The molecule has 10 aliphatic carbocycles. The van der Waals surface area contributed by atoms with E-state index in [-0.39, 0.29) is 0 Å². The van der Waals surface area contributed by atoms with E-state index in [0.29, 0.717) is 5.41 Å². The maximum atomic E-state index is 3.33. The number of rotatable bonds is 4. The monoisotopic (exact) mass is 724 g/mol. The first-order valence-electron chi connectivity index (χ1n) is 25.9. The molecule has 0 bridgehead atoms. The summed E-state index contributed by atoms with van der Waals surface area (Å²) in [4.78, 5) is 3.33. The number of fused-ring (bicyclic) bond motifs is 9. The van der Waals surface area contributed by atoms with Gasteiger partial charge in [-0.05, 0) is 216 Å². The van der Waals surface area contributed by atoms with Crippen LogP contribution in [0, 0.1) is 100 Å². The van der Waals surface area contributed by atoms with Gasteiger partial charge in [0.1, 0.15) is 0 Å². The zero-order valence-electron chi connectivity index (χ0n) is 35.1. The molecule has 0 spiro atoms. The molecular formula is C52H85N. The standard InChI is InChI=1S/C52H85N/c1-52(2)46-24-12-10-20-39(46)45-32-34(28-30-47(45)52)50-40-21-9-8-19-38(40)44-31-33(27-29-42(44)50)36-17-6-7-18-37(36)41-23-14-26-49-51(41)43-22-11-13-25-48(43)53(49)35-15-4-3-5-16-35/h33-51H,3-32H2,1-2H3. The first-order valence-corrected chi connectivity index (χ1v) is 25.9. The van der Waals surface area contributed by atoms with Gasteiger partial charge < -0.3 is 0 Å². The van der Waals surface area contributed by atoms with Crippen molar-refractivity contribution in [2.45, 2.75) is 225 Å². The van der Waals surface area contributed by atoms with Crippen LogP contribution in [0.2, 0.25) is 0 Å². The van der Waals surface area contributed by atoms with Gasteiger partial charge in [-0.15, -0.1) is 0 Å². The minimum absolute atomic E-state index is 0.629. The molecule has 18 unspecified atom stereocenters. The molecule has 0 aromatic carbocycles. The van der Waals surface area contributed by atoms with Crippen LogP contribution in [-0.4, -0.2) is 23.0 Å². The molecule has 298 valence electrons. The van der Waals surface area contributed by atoms with Gasteiger partial charge in [-0.25, -0.2) is 0 Å². The van der Waals surface area contributed by atoms with E-state index in [1.807, 2.05) is 0 Å². The zero-order chi connectivity index (χ0) is 35.3. The third-order valence-electron chi connectivity index (χ3n) is 22.2. The second-order valence-electron chi connectivity index (χ2n) is 23.9. The maximum Gasteiger partial charge on any atom is 0.0135 e. The van der Waals surface area contributed by atoms with Crippen LogP contribution < -0.4 is 0 Å². The fourth-order valence-electron chi connectivity index (χ4n) is 20.8. The average molecular weight is 724 g/mol. The van der Waals surface area contributed by atoms with Crippen molar-refractivity contribution < 1.29 is 0 Å². The summed E-state index contributed by atoms with van der Waals surface area (Å²) in [6.07, 6.45) is 47.6. The molecule has 1 heteroatoms. The molecule has 18 atom stereocenters. The van der Waals surface area contributed by atoms with Crippen LogP contribution in [0.4, 0.5) is 0 Å². The zero-order valence-corrected chi connectivity index (χ0v) is 35.1. The smallest absolute Gasteiger partial charge is 0.0135 e. The third kappa shape index (κ3) is 5.92. The molecule has 0 radical (unpaired) electrons. The Labute approximate surface area is 328 Å². The molecule has 0 N–H and O–H groups in total. The average Bonchev–Trinajstić information content (AvgIpc) is 3.81. The van der Waals surface area contributed by atoms with E-state index in [9.17, 15) is 0 Å². The van der Waals surface area contributed by atoms with E-state index < -0.39 is 0 Å². The minimum Gasteiger partial charge on any atom is -0.294 e. The van der Waals surface area contributed by atoms with Crippen molar-refractivity contribution in [2.75, 3.05) is 0 Å². The quantitative estimate of drug-likeness (QED) is 0.279. The number of hydrogen-bond donors (Lipinski definition) is 0. The molecule has 1 aliphatic heterocycles. The number of hydrogen-bond acceptors (Lipinski definition) is 1. The summed E-state index contributed by atoms with van der Waals surface area (Å²) in [5.74, 6) is 17.6. The van der Waals surface area contributed by atoms with Crippen LogP contribution in [0.3, 0.4) is 0 Å². The maximum absolute atomic E-state index is 3.33. The van der Waals surface area contributed by atoms with E-state index in [1.165, 1.54) is 44.9 Å². The highest BCUT2D eigenvalue weighted by molar-refractivity contribution is 5.11. The fourth-order valence-corrected chi connectivity index (χ4v) is 20.8. The van der Waals surface area contributed by atoms with E-state index in [0.717, 1.165) is 113 Å². The summed E-state index contributed by atoms with van der Waals surface area (Å²) in [6, 6.07) is 2.91. The minimum atomic E-state index is 0.629. The fraction of sp³-hybridized carbons (Fsp3) is 1.00. The highest BCUT2D eigenvalue weighted by Crippen LogP contribution is 2.68. The first kappa shape index (κ1) is 36.1. The van der Waals surface area contributed by atoms with Crippen molar-refractivity contribution in [3.8, 4) is 0 Å². The Morgan fingerprint density at radius 2 is 0.849 bits per heavy atom. The van der Waals surface area contributed by atoms with E-state index in [4.69, 9.17) is 0 Å². The van der Waals surface area contributed by atoms with Crippen molar-refractivity contribution in [1.82, 2.24) is 4.90 Å². The molecule has 0 aromatic heterocycles. The van der Waals surface area contributed by atoms with Gasteiger partial charge in [-0.2, -0.15) is 0 Å². The van der Waals surface area contributed by atoms with E-state index >= 15 is 0 Å². The van der Waals surface area contributed by atoms with Gasteiger partial charge in [0, 0.05) is 18.1 Å². The predicted molar refractivity (Wildman–Crippen MR) is 221 cm³/mol. The van der Waals surface area contributed by atoms with Gasteiger partial charge in [-0.3, -0.25) is 4.90 Å². The lowest BCUT2D eigenvalue weighted by atomic mass is 9.55. The molecule has 0 aromatic rings. The van der Waals surface area contributed by atoms with E-state index in [1.54, 1.807) is 148 Å². The summed E-state index contributed by atoms with van der Waals surface area (Å²) < 4.78 is 0. The molecule has 1 saturated heterocycles. The van der Waals surface area contributed by atoms with Crippen LogP contribution >= 0.6 is 0 Å². The topological polar surface area (TPSA) is 3.24 Å². The molecule has 1 heterocycles. The Bertz CT molecular complexity index is 1260. The second-order valence-corrected chi connectivity index (χ2v) is 23.9. The molecule has 53 heavy (non-hydrogen) atoms. The van der Waals surface area contributed by atoms with Gasteiger partial charge in [0.2, 0.25) is 0 Å². The van der Waals surface area contributed by atoms with Crippen molar-refractivity contribution in [3.05, 3.63) is 0 Å². The van der Waals surface area contributed by atoms with Crippen LogP contribution in [0.15, 0.2) is 0 Å². The van der Waals surface area contributed by atoms with Gasteiger partial charge in [0.05, 0.1) is 0 Å². The second kappa shape index (κ2) is 14.7. The van der Waals surface area contributed by atoms with Crippen molar-refractivity contribution in [3.63, 3.8) is 0 Å². The normalized spacial score (nSPS) is 54.2. The summed E-state index contributed by atoms with van der Waals surface area (Å²) in [6.45, 7) is 5.48. The Morgan fingerprint density at radius 3 is 1.66 bits per heavy atom. The number of likely N-dealkylation sites (tertiary alicyclic amines) is 1. The third-order valence-corrected chi connectivity index (χ3v) is 22.2. The van der Waals surface area contributed by atoms with E-state index in [2.05, 4.69) is 18.7 Å². The van der Waals surface area contributed by atoms with Crippen molar-refractivity contribution >= 4 is 0 Å². The highest BCUT2D eigenvalue weighted by atomic mass is 15.3. The molecular weight excluding hydrogens is 639 g/mol. The van der Waals surface area contributed by atoms with Gasteiger partial charge in [0.15, 0.2) is 0 Å². The molecule has 1 nitrogen and oxygen atoms in total. The summed E-state index contributed by atoms with van der Waals surface area (Å²) >= 11 is 0. The lowest BCUT2D eigenvalue weighted by molar-refractivity contribution is -0.0104. The van der Waals surface area contributed by atoms with Crippen LogP contribution in [0.5, 0.6) is 0 Å². The molecule has 11 aliphatic rings. The highest BCUT2D eigenvalue weighted by Gasteiger charge is 2.61. The van der Waals surface area contributed by atoms with Crippen LogP contribution in [0.1, 0.15) is 206 Å². The lowest BCUT2D eigenvalue weighted by Gasteiger charge is -2.51. The lowest BCUT2D eigenvalue weighted by Crippen LogP contribution is -2.49. The van der Waals surface area contributed by atoms with Gasteiger partial charge in [-0.1, -0.05) is 90.9 Å². The molecule has 0 amide bonds.